The highest BCUT2D eigenvalue weighted by atomic mass is 32.2. The van der Waals surface area contributed by atoms with E-state index >= 15 is 0 Å². The minimum atomic E-state index is -0.779. The van der Waals surface area contributed by atoms with Crippen LogP contribution in [0.1, 0.15) is 32.6 Å². The minimum Gasteiger partial charge on any atom is -0.381 e. The molecule has 4 atom stereocenters. The molecule has 4 heteroatoms. The second-order valence-corrected chi connectivity index (χ2v) is 6.15. The van der Waals surface area contributed by atoms with Gasteiger partial charge in [-0.3, -0.25) is 4.21 Å². The van der Waals surface area contributed by atoms with Crippen LogP contribution in [0.4, 0.5) is 0 Å². The van der Waals surface area contributed by atoms with Gasteiger partial charge in [0, 0.05) is 35.0 Å². The molecule has 0 heterocycles. The molecule has 0 aromatic heterocycles. The van der Waals surface area contributed by atoms with E-state index in [4.69, 9.17) is 10.5 Å². The summed E-state index contributed by atoms with van der Waals surface area (Å²) < 4.78 is 17.3. The summed E-state index contributed by atoms with van der Waals surface area (Å²) in [6.45, 7) is 2.48. The van der Waals surface area contributed by atoms with Gasteiger partial charge in [-0.25, -0.2) is 0 Å². The van der Waals surface area contributed by atoms with Crippen molar-refractivity contribution >= 4 is 10.8 Å². The minimum absolute atomic E-state index is 0.121. The first kappa shape index (κ1) is 12.1. The van der Waals surface area contributed by atoms with Crippen molar-refractivity contribution in [1.29, 1.82) is 0 Å². The number of hydrogen-bond acceptors (Lipinski definition) is 3. The van der Waals surface area contributed by atoms with Crippen LogP contribution >= 0.6 is 0 Å². The highest BCUT2D eigenvalue weighted by molar-refractivity contribution is 7.86. The first-order valence-corrected chi connectivity index (χ1v) is 6.59. The van der Waals surface area contributed by atoms with Crippen molar-refractivity contribution in [3.8, 4) is 0 Å². The monoisotopic (exact) mass is 219 g/mol. The summed E-state index contributed by atoms with van der Waals surface area (Å²) >= 11 is 0. The Bertz CT molecular complexity index is 199. The lowest BCUT2D eigenvalue weighted by Gasteiger charge is -2.29. The van der Waals surface area contributed by atoms with E-state index in [1.165, 1.54) is 0 Å². The van der Waals surface area contributed by atoms with Gasteiger partial charge < -0.3 is 10.5 Å². The summed E-state index contributed by atoms with van der Waals surface area (Å²) in [7, 11) is 0.960. The highest BCUT2D eigenvalue weighted by Crippen LogP contribution is 2.25. The van der Waals surface area contributed by atoms with Crippen LogP contribution in [0, 0.1) is 0 Å². The summed E-state index contributed by atoms with van der Waals surface area (Å²) in [5, 5.41) is 0.419. The third-order valence-corrected chi connectivity index (χ3v) is 5.04. The highest BCUT2D eigenvalue weighted by Gasteiger charge is 2.28. The maximum absolute atomic E-state index is 12.0. The van der Waals surface area contributed by atoms with E-state index < -0.39 is 10.8 Å². The second-order valence-electron chi connectivity index (χ2n) is 4.02. The van der Waals surface area contributed by atoms with Gasteiger partial charge in [0.15, 0.2) is 0 Å². The predicted octanol–water partition coefficient (Wildman–Crippen LogP) is 1.04. The van der Waals surface area contributed by atoms with Gasteiger partial charge in [0.05, 0.1) is 6.10 Å². The van der Waals surface area contributed by atoms with E-state index in [1.807, 2.05) is 6.92 Å². The summed E-state index contributed by atoms with van der Waals surface area (Å²) in [4.78, 5) is 0. The molecule has 0 amide bonds. The predicted molar refractivity (Wildman–Crippen MR) is 59.7 cm³/mol. The molecule has 0 saturated heterocycles. The molecule has 0 aliphatic heterocycles. The van der Waals surface area contributed by atoms with Crippen LogP contribution in [0.3, 0.4) is 0 Å². The van der Waals surface area contributed by atoms with Crippen molar-refractivity contribution in [3.63, 3.8) is 0 Å². The maximum Gasteiger partial charge on any atom is 0.0582 e. The van der Waals surface area contributed by atoms with Crippen molar-refractivity contribution in [2.75, 3.05) is 13.7 Å². The summed E-state index contributed by atoms with van der Waals surface area (Å²) in [5.41, 5.74) is 5.52. The number of methoxy groups -OCH3 is 1. The Morgan fingerprint density at radius 3 is 2.86 bits per heavy atom. The van der Waals surface area contributed by atoms with E-state index in [2.05, 4.69) is 0 Å². The van der Waals surface area contributed by atoms with Crippen LogP contribution in [0.15, 0.2) is 0 Å². The zero-order valence-electron chi connectivity index (χ0n) is 9.07. The molecule has 4 unspecified atom stereocenters. The molecule has 0 radical (unpaired) electrons. The Labute approximate surface area is 88.8 Å². The molecule has 1 aliphatic rings. The number of hydrogen-bond donors (Lipinski definition) is 1. The fourth-order valence-corrected chi connectivity index (χ4v) is 3.60. The lowest BCUT2D eigenvalue weighted by molar-refractivity contribution is 0.0725. The zero-order chi connectivity index (χ0) is 10.6. The van der Waals surface area contributed by atoms with Crippen molar-refractivity contribution in [3.05, 3.63) is 0 Å². The van der Waals surface area contributed by atoms with Crippen LogP contribution in [-0.2, 0) is 15.5 Å². The third kappa shape index (κ3) is 3.04. The van der Waals surface area contributed by atoms with Gasteiger partial charge in [-0.1, -0.05) is 0 Å². The molecular formula is C10H21NO2S. The maximum atomic E-state index is 12.0. The van der Waals surface area contributed by atoms with Crippen LogP contribution in [0.5, 0.6) is 0 Å². The van der Waals surface area contributed by atoms with Gasteiger partial charge in [-0.2, -0.15) is 0 Å². The Morgan fingerprint density at radius 2 is 2.29 bits per heavy atom. The molecule has 14 heavy (non-hydrogen) atoms. The van der Waals surface area contributed by atoms with Crippen LogP contribution in [-0.4, -0.2) is 34.5 Å². The first-order valence-electron chi connectivity index (χ1n) is 5.31. The molecule has 1 fully saturated rings. The molecule has 0 aromatic rings. The van der Waals surface area contributed by atoms with E-state index in [1.54, 1.807) is 7.11 Å². The average Bonchev–Trinajstić information content (AvgIpc) is 2.27. The Kier molecular flexibility index (Phi) is 5.06. The zero-order valence-corrected chi connectivity index (χ0v) is 9.89. The summed E-state index contributed by atoms with van der Waals surface area (Å²) in [6.07, 6.45) is 4.56. The normalized spacial score (nSPS) is 32.5. The van der Waals surface area contributed by atoms with Gasteiger partial charge in [0.1, 0.15) is 0 Å². The molecule has 0 spiro atoms. The summed E-state index contributed by atoms with van der Waals surface area (Å²) in [6, 6.07) is 0. The van der Waals surface area contributed by atoms with E-state index in [-0.39, 0.29) is 5.25 Å². The van der Waals surface area contributed by atoms with Gasteiger partial charge in [-0.15, -0.1) is 0 Å². The van der Waals surface area contributed by atoms with Crippen molar-refractivity contribution in [2.24, 2.45) is 5.73 Å². The van der Waals surface area contributed by atoms with Crippen LogP contribution in [0.2, 0.25) is 0 Å². The Morgan fingerprint density at radius 1 is 1.57 bits per heavy atom. The molecule has 1 aliphatic carbocycles. The topological polar surface area (TPSA) is 52.3 Å². The smallest absolute Gasteiger partial charge is 0.0582 e. The van der Waals surface area contributed by atoms with Crippen LogP contribution < -0.4 is 5.73 Å². The molecule has 3 nitrogen and oxygen atoms in total. The lowest BCUT2D eigenvalue weighted by atomic mass is 9.97. The van der Waals surface area contributed by atoms with E-state index in [9.17, 15) is 4.21 Å². The summed E-state index contributed by atoms with van der Waals surface area (Å²) in [5.74, 6) is 0. The van der Waals surface area contributed by atoms with Crippen molar-refractivity contribution in [1.82, 2.24) is 0 Å². The third-order valence-electron chi connectivity index (χ3n) is 2.97. The van der Waals surface area contributed by atoms with Crippen molar-refractivity contribution in [2.45, 2.75) is 49.2 Å². The molecule has 0 bridgehead atoms. The van der Waals surface area contributed by atoms with E-state index in [0.717, 1.165) is 25.7 Å². The number of rotatable bonds is 4. The first-order chi connectivity index (χ1) is 6.69. The quantitative estimate of drug-likeness (QED) is 0.768. The molecule has 1 saturated carbocycles. The average molecular weight is 219 g/mol. The van der Waals surface area contributed by atoms with Gasteiger partial charge >= 0.3 is 0 Å². The molecule has 1 rings (SSSR count). The van der Waals surface area contributed by atoms with Crippen LogP contribution in [0.25, 0.3) is 0 Å². The SMILES string of the molecule is COC1CCCC(S(=O)C(C)CN)C1. The Hall–Kier alpha value is 0.0700. The molecular weight excluding hydrogens is 198 g/mol. The van der Waals surface area contributed by atoms with Crippen molar-refractivity contribution < 1.29 is 8.95 Å². The van der Waals surface area contributed by atoms with Gasteiger partial charge in [0.25, 0.3) is 0 Å². The fraction of sp³-hybridized carbons (Fsp3) is 1.00. The Balaban J connectivity index is 2.47. The molecule has 84 valence electrons. The second kappa shape index (κ2) is 5.83. The van der Waals surface area contributed by atoms with E-state index in [0.29, 0.717) is 17.9 Å². The van der Waals surface area contributed by atoms with Gasteiger partial charge in [0.2, 0.25) is 0 Å². The van der Waals surface area contributed by atoms with Gasteiger partial charge in [-0.05, 0) is 32.6 Å². The number of nitrogens with two attached hydrogens (primary N) is 1. The standard InChI is InChI=1S/C10H21NO2S/c1-8(7-11)14(12)10-5-3-4-9(6-10)13-2/h8-10H,3-7,11H2,1-2H3. The fourth-order valence-electron chi connectivity index (χ4n) is 1.95. The largest absolute Gasteiger partial charge is 0.381 e. The number of ether oxygens (including phenoxy) is 1. The lowest BCUT2D eigenvalue weighted by Crippen LogP contribution is -2.35. The molecule has 2 N–H and O–H groups in total. The molecule has 0 aromatic carbocycles.